The van der Waals surface area contributed by atoms with E-state index in [2.05, 4.69) is 11.9 Å². The van der Waals surface area contributed by atoms with E-state index < -0.39 is 0 Å². The molecule has 2 fully saturated rings. The standard InChI is InChI=1S/C8H13NOS/c1-3-5(10)7-8-6(11-8)4-9(7)2/h6-8H,3-4H2,1-2H3. The molecule has 0 spiro atoms. The maximum absolute atomic E-state index is 11.4. The van der Waals surface area contributed by atoms with Crippen LogP contribution >= 0.6 is 11.8 Å². The van der Waals surface area contributed by atoms with Crippen LogP contribution in [0.4, 0.5) is 0 Å². The predicted molar refractivity (Wildman–Crippen MR) is 46.9 cm³/mol. The molecule has 0 aromatic rings. The first-order valence-electron chi connectivity index (χ1n) is 4.12. The summed E-state index contributed by atoms with van der Waals surface area (Å²) in [4.78, 5) is 13.6. The number of thioether (sulfide) groups is 1. The minimum atomic E-state index is 0.245. The summed E-state index contributed by atoms with van der Waals surface area (Å²) in [6.45, 7) is 3.07. The van der Waals surface area contributed by atoms with Crippen molar-refractivity contribution in [2.24, 2.45) is 0 Å². The van der Waals surface area contributed by atoms with Gasteiger partial charge in [0.25, 0.3) is 0 Å². The third-order valence-corrected chi connectivity index (χ3v) is 3.93. The van der Waals surface area contributed by atoms with Crippen LogP contribution in [0.25, 0.3) is 0 Å². The Balaban J connectivity index is 2.06. The summed E-state index contributed by atoms with van der Waals surface area (Å²) >= 11 is 1.97. The van der Waals surface area contributed by atoms with E-state index in [-0.39, 0.29) is 6.04 Å². The fourth-order valence-electron chi connectivity index (χ4n) is 1.87. The van der Waals surface area contributed by atoms with E-state index in [1.165, 1.54) is 0 Å². The first-order chi connectivity index (χ1) is 5.24. The van der Waals surface area contributed by atoms with Crippen LogP contribution in [0, 0.1) is 0 Å². The molecule has 0 aromatic carbocycles. The molecular weight excluding hydrogens is 158 g/mol. The van der Waals surface area contributed by atoms with Crippen molar-refractivity contribution in [3.63, 3.8) is 0 Å². The van der Waals surface area contributed by atoms with Crippen molar-refractivity contribution in [3.05, 3.63) is 0 Å². The molecule has 0 N–H and O–H groups in total. The molecular formula is C8H13NOS. The molecule has 3 unspecified atom stereocenters. The lowest BCUT2D eigenvalue weighted by Gasteiger charge is -2.19. The molecule has 0 aliphatic carbocycles. The summed E-state index contributed by atoms with van der Waals surface area (Å²) in [7, 11) is 2.06. The second-order valence-corrected chi connectivity index (χ2v) is 4.77. The maximum atomic E-state index is 11.4. The van der Waals surface area contributed by atoms with Crippen molar-refractivity contribution in [2.75, 3.05) is 13.6 Å². The molecule has 0 aromatic heterocycles. The summed E-state index contributed by atoms with van der Waals surface area (Å²) in [5, 5.41) is 1.42. The van der Waals surface area contributed by atoms with Gasteiger partial charge in [-0.3, -0.25) is 9.69 Å². The van der Waals surface area contributed by atoms with E-state index in [1.807, 2.05) is 18.7 Å². The predicted octanol–water partition coefficient (Wildman–Crippen LogP) is 0.764. The molecule has 2 nitrogen and oxygen atoms in total. The number of fused-ring (bicyclic) bond motifs is 1. The maximum Gasteiger partial charge on any atom is 0.150 e. The van der Waals surface area contributed by atoms with Crippen LogP contribution in [-0.2, 0) is 4.79 Å². The van der Waals surface area contributed by atoms with Crippen LogP contribution in [0.1, 0.15) is 13.3 Å². The van der Waals surface area contributed by atoms with Crippen molar-refractivity contribution in [3.8, 4) is 0 Å². The number of carbonyl (C=O) groups is 1. The van der Waals surface area contributed by atoms with Crippen LogP contribution in [0.3, 0.4) is 0 Å². The van der Waals surface area contributed by atoms with Crippen LogP contribution in [-0.4, -0.2) is 40.8 Å². The average molecular weight is 171 g/mol. The van der Waals surface area contributed by atoms with Gasteiger partial charge in [-0.2, -0.15) is 0 Å². The van der Waals surface area contributed by atoms with Crippen molar-refractivity contribution in [1.82, 2.24) is 4.90 Å². The lowest BCUT2D eigenvalue weighted by Crippen LogP contribution is -2.36. The topological polar surface area (TPSA) is 20.3 Å². The molecule has 3 heteroatoms. The van der Waals surface area contributed by atoms with Gasteiger partial charge in [-0.25, -0.2) is 0 Å². The summed E-state index contributed by atoms with van der Waals surface area (Å²) < 4.78 is 0. The van der Waals surface area contributed by atoms with Gasteiger partial charge in [0.2, 0.25) is 0 Å². The molecule has 62 valence electrons. The zero-order valence-electron chi connectivity index (χ0n) is 6.91. The van der Waals surface area contributed by atoms with Gasteiger partial charge in [-0.05, 0) is 7.05 Å². The fraction of sp³-hybridized carbons (Fsp3) is 0.875. The average Bonchev–Trinajstić information content (AvgIpc) is 2.63. The van der Waals surface area contributed by atoms with E-state index in [9.17, 15) is 4.79 Å². The molecule has 2 saturated heterocycles. The number of nitrogens with zero attached hydrogens (tertiary/aromatic N) is 1. The monoisotopic (exact) mass is 171 g/mol. The first-order valence-corrected chi connectivity index (χ1v) is 5.06. The van der Waals surface area contributed by atoms with Crippen LogP contribution < -0.4 is 0 Å². The highest BCUT2D eigenvalue weighted by Crippen LogP contribution is 2.50. The summed E-state index contributed by atoms with van der Waals surface area (Å²) in [5.41, 5.74) is 0. The van der Waals surface area contributed by atoms with Crippen molar-refractivity contribution in [2.45, 2.75) is 29.9 Å². The largest absolute Gasteiger partial charge is 0.298 e. The molecule has 11 heavy (non-hydrogen) atoms. The third kappa shape index (κ3) is 1.11. The van der Waals surface area contributed by atoms with Gasteiger partial charge in [0.05, 0.1) is 6.04 Å². The van der Waals surface area contributed by atoms with Gasteiger partial charge in [0.15, 0.2) is 5.78 Å². The van der Waals surface area contributed by atoms with Crippen LogP contribution in [0.2, 0.25) is 0 Å². The Morgan fingerprint density at radius 2 is 2.45 bits per heavy atom. The third-order valence-electron chi connectivity index (χ3n) is 2.55. The minimum absolute atomic E-state index is 0.245. The Hall–Kier alpha value is -0.0200. The van der Waals surface area contributed by atoms with Crippen molar-refractivity contribution >= 4 is 17.5 Å². The Morgan fingerprint density at radius 3 is 2.91 bits per heavy atom. The molecule has 2 heterocycles. The van der Waals surface area contributed by atoms with E-state index in [0.29, 0.717) is 17.5 Å². The smallest absolute Gasteiger partial charge is 0.150 e. The number of Topliss-reactive ketones (excluding diaryl/α,β-unsaturated/α-hetero) is 1. The van der Waals surface area contributed by atoms with Crippen molar-refractivity contribution in [1.29, 1.82) is 0 Å². The number of rotatable bonds is 2. The van der Waals surface area contributed by atoms with Gasteiger partial charge in [0, 0.05) is 23.5 Å². The van der Waals surface area contributed by atoms with Crippen LogP contribution in [0.5, 0.6) is 0 Å². The Labute approximate surface area is 71.3 Å². The van der Waals surface area contributed by atoms with Gasteiger partial charge >= 0.3 is 0 Å². The Kier molecular flexibility index (Phi) is 1.72. The molecule has 0 radical (unpaired) electrons. The number of carbonyl (C=O) groups excluding carboxylic acids is 1. The molecule has 2 aliphatic rings. The van der Waals surface area contributed by atoms with E-state index >= 15 is 0 Å². The second-order valence-electron chi connectivity index (χ2n) is 3.34. The first kappa shape index (κ1) is 7.62. The SMILES string of the molecule is CCC(=O)C1C2SC2CN1C. The highest BCUT2D eigenvalue weighted by atomic mass is 32.2. The number of hydrogen-bond acceptors (Lipinski definition) is 3. The second kappa shape index (κ2) is 2.49. The van der Waals surface area contributed by atoms with Gasteiger partial charge < -0.3 is 0 Å². The zero-order valence-corrected chi connectivity index (χ0v) is 7.73. The molecule has 3 atom stereocenters. The summed E-state index contributed by atoms with van der Waals surface area (Å²) in [5.74, 6) is 0.421. The summed E-state index contributed by atoms with van der Waals surface area (Å²) in [6.07, 6.45) is 0.693. The number of likely N-dealkylation sites (tertiary alicyclic amines) is 1. The van der Waals surface area contributed by atoms with Gasteiger partial charge in [-0.1, -0.05) is 6.92 Å². The highest BCUT2D eigenvalue weighted by molar-refractivity contribution is 8.07. The minimum Gasteiger partial charge on any atom is -0.298 e. The summed E-state index contributed by atoms with van der Waals surface area (Å²) in [6, 6.07) is 0.245. The zero-order chi connectivity index (χ0) is 8.01. The molecule has 0 amide bonds. The van der Waals surface area contributed by atoms with Crippen LogP contribution in [0.15, 0.2) is 0 Å². The van der Waals surface area contributed by atoms with E-state index in [1.54, 1.807) is 0 Å². The molecule has 2 aliphatic heterocycles. The van der Waals surface area contributed by atoms with Gasteiger partial charge in [-0.15, -0.1) is 11.8 Å². The molecule has 2 rings (SSSR count). The van der Waals surface area contributed by atoms with E-state index in [0.717, 1.165) is 11.8 Å². The van der Waals surface area contributed by atoms with Gasteiger partial charge in [0.1, 0.15) is 0 Å². The number of hydrogen-bond donors (Lipinski definition) is 0. The lowest BCUT2D eigenvalue weighted by molar-refractivity contribution is -0.122. The Morgan fingerprint density at radius 1 is 1.73 bits per heavy atom. The number of likely N-dealkylation sites (N-methyl/N-ethyl adjacent to an activating group) is 1. The molecule has 0 saturated carbocycles. The fourth-order valence-corrected chi connectivity index (χ4v) is 3.24. The Bertz CT molecular complexity index is 193. The van der Waals surface area contributed by atoms with E-state index in [4.69, 9.17) is 0 Å². The quantitative estimate of drug-likeness (QED) is 0.572. The normalized spacial score (nSPS) is 42.2. The highest BCUT2D eigenvalue weighted by Gasteiger charge is 2.54. The van der Waals surface area contributed by atoms with Crippen molar-refractivity contribution < 1.29 is 4.79 Å². The molecule has 0 bridgehead atoms. The lowest BCUT2D eigenvalue weighted by atomic mass is 10.1. The number of ketones is 1.